The first-order valence-corrected chi connectivity index (χ1v) is 8.89. The Morgan fingerprint density at radius 1 is 1.20 bits per heavy atom. The molecule has 0 unspecified atom stereocenters. The van der Waals surface area contributed by atoms with E-state index in [0.29, 0.717) is 23.7 Å². The number of hydrogen-bond acceptors (Lipinski definition) is 7. The maximum absolute atomic E-state index is 11.7. The molecule has 9 heteroatoms. The van der Waals surface area contributed by atoms with Gasteiger partial charge < -0.3 is 19.6 Å². The molecule has 0 saturated heterocycles. The van der Waals surface area contributed by atoms with E-state index in [1.807, 2.05) is 31.2 Å². The van der Waals surface area contributed by atoms with Crippen LogP contribution >= 0.6 is 0 Å². The highest BCUT2D eigenvalue weighted by molar-refractivity contribution is 5.68. The number of aromatic amines is 1. The van der Waals surface area contributed by atoms with Crippen LogP contribution in [0.3, 0.4) is 0 Å². The van der Waals surface area contributed by atoms with E-state index in [9.17, 15) is 20.0 Å². The van der Waals surface area contributed by atoms with Gasteiger partial charge in [0.05, 0.1) is 12.0 Å². The fourth-order valence-electron chi connectivity index (χ4n) is 2.76. The third-order valence-electron chi connectivity index (χ3n) is 4.18. The lowest BCUT2D eigenvalue weighted by molar-refractivity contribution is -0.387. The van der Waals surface area contributed by atoms with Crippen molar-refractivity contribution in [3.8, 4) is 17.4 Å². The number of benzene rings is 2. The molecule has 0 spiro atoms. The molecule has 0 aliphatic rings. The zero-order valence-electron chi connectivity index (χ0n) is 16.3. The number of ether oxygens (including phenoxy) is 2. The molecule has 0 aliphatic heterocycles. The highest BCUT2D eigenvalue weighted by Gasteiger charge is 2.21. The van der Waals surface area contributed by atoms with Crippen LogP contribution < -0.4 is 15.0 Å². The SMILES string of the molecule is COc1cc(C=Cc2nc(O)c([N+](=O)[O-])c(=O)[nH]2)ccc1OCc1cccc(C)c1. The minimum atomic E-state index is -1.04. The molecule has 3 rings (SSSR count). The van der Waals surface area contributed by atoms with E-state index in [1.54, 1.807) is 24.3 Å². The number of hydrogen-bond donors (Lipinski definition) is 2. The van der Waals surface area contributed by atoms with E-state index in [4.69, 9.17) is 9.47 Å². The Labute approximate surface area is 171 Å². The fraction of sp³-hybridized carbons (Fsp3) is 0.143. The average molecular weight is 409 g/mol. The second kappa shape index (κ2) is 8.91. The predicted molar refractivity (Wildman–Crippen MR) is 111 cm³/mol. The predicted octanol–water partition coefficient (Wildman–Crippen LogP) is 3.45. The lowest BCUT2D eigenvalue weighted by atomic mass is 10.1. The summed E-state index contributed by atoms with van der Waals surface area (Å²) in [5.41, 5.74) is 0.852. The first kappa shape index (κ1) is 20.6. The average Bonchev–Trinajstić information content (AvgIpc) is 2.70. The Hall–Kier alpha value is -4.14. The molecule has 0 radical (unpaired) electrons. The Morgan fingerprint density at radius 2 is 2.00 bits per heavy atom. The Balaban J connectivity index is 1.77. The van der Waals surface area contributed by atoms with Crippen LogP contribution in [0.2, 0.25) is 0 Å². The van der Waals surface area contributed by atoms with Crippen molar-refractivity contribution in [1.82, 2.24) is 9.97 Å². The number of aromatic nitrogens is 2. The number of H-pyrrole nitrogens is 1. The van der Waals surface area contributed by atoms with Crippen LogP contribution in [0.15, 0.2) is 47.3 Å². The van der Waals surface area contributed by atoms with Crippen molar-refractivity contribution in [2.24, 2.45) is 0 Å². The van der Waals surface area contributed by atoms with Gasteiger partial charge in [0.15, 0.2) is 11.5 Å². The van der Waals surface area contributed by atoms with Crippen molar-refractivity contribution >= 4 is 17.8 Å². The van der Waals surface area contributed by atoms with Crippen molar-refractivity contribution in [2.75, 3.05) is 7.11 Å². The maximum atomic E-state index is 11.7. The minimum Gasteiger partial charge on any atom is -0.493 e. The standard InChI is InChI=1S/C21H19N3O6/c1-13-4-3-5-15(10-13)12-30-16-8-6-14(11-17(16)29-2)7-9-18-22-20(25)19(24(27)28)21(26)23-18/h3-11H,12H2,1-2H3,(H2,22,23,25,26). The van der Waals surface area contributed by atoms with Crippen molar-refractivity contribution in [3.63, 3.8) is 0 Å². The van der Waals surface area contributed by atoms with E-state index in [-0.39, 0.29) is 5.82 Å². The van der Waals surface area contributed by atoms with Crippen molar-refractivity contribution in [3.05, 3.63) is 85.4 Å². The van der Waals surface area contributed by atoms with Gasteiger partial charge >= 0.3 is 11.2 Å². The van der Waals surface area contributed by atoms with Gasteiger partial charge in [0.25, 0.3) is 5.88 Å². The van der Waals surface area contributed by atoms with Crippen LogP contribution in [0.25, 0.3) is 12.2 Å². The normalized spacial score (nSPS) is 10.9. The third kappa shape index (κ3) is 4.82. The molecule has 2 aromatic carbocycles. The van der Waals surface area contributed by atoms with Gasteiger partial charge in [-0.1, -0.05) is 42.0 Å². The van der Waals surface area contributed by atoms with Gasteiger partial charge in [-0.15, -0.1) is 0 Å². The largest absolute Gasteiger partial charge is 0.493 e. The second-order valence-electron chi connectivity index (χ2n) is 6.40. The Bertz CT molecular complexity index is 1170. The van der Waals surface area contributed by atoms with Crippen LogP contribution in [-0.4, -0.2) is 27.1 Å². The van der Waals surface area contributed by atoms with Gasteiger partial charge in [-0.25, -0.2) is 0 Å². The minimum absolute atomic E-state index is 0.0261. The Kier molecular flexibility index (Phi) is 6.11. The van der Waals surface area contributed by atoms with E-state index in [2.05, 4.69) is 9.97 Å². The summed E-state index contributed by atoms with van der Waals surface area (Å²) in [4.78, 5) is 27.3. The first-order chi connectivity index (χ1) is 14.4. The van der Waals surface area contributed by atoms with E-state index in [0.717, 1.165) is 11.1 Å². The zero-order chi connectivity index (χ0) is 21.7. The summed E-state index contributed by atoms with van der Waals surface area (Å²) in [7, 11) is 1.52. The monoisotopic (exact) mass is 409 g/mol. The third-order valence-corrected chi connectivity index (χ3v) is 4.18. The van der Waals surface area contributed by atoms with Crippen LogP contribution in [0, 0.1) is 17.0 Å². The van der Waals surface area contributed by atoms with E-state index < -0.39 is 22.0 Å². The lowest BCUT2D eigenvalue weighted by Gasteiger charge is -2.11. The molecule has 0 fully saturated rings. The van der Waals surface area contributed by atoms with Crippen LogP contribution in [0.5, 0.6) is 17.4 Å². The molecule has 154 valence electrons. The van der Waals surface area contributed by atoms with Crippen molar-refractivity contribution < 1.29 is 19.5 Å². The number of nitrogens with one attached hydrogen (secondary N) is 1. The molecule has 0 bridgehead atoms. The van der Waals surface area contributed by atoms with Crippen LogP contribution in [-0.2, 0) is 6.61 Å². The number of nitrogens with zero attached hydrogens (tertiary/aromatic N) is 2. The summed E-state index contributed by atoms with van der Waals surface area (Å²) in [5, 5.41) is 20.3. The summed E-state index contributed by atoms with van der Waals surface area (Å²) in [6, 6.07) is 13.2. The summed E-state index contributed by atoms with van der Waals surface area (Å²) in [6.07, 6.45) is 3.02. The summed E-state index contributed by atoms with van der Waals surface area (Å²) in [5.74, 6) is 0.108. The van der Waals surface area contributed by atoms with Gasteiger partial charge in [-0.2, -0.15) is 4.98 Å². The summed E-state index contributed by atoms with van der Waals surface area (Å²) >= 11 is 0. The number of nitro groups is 1. The topological polar surface area (TPSA) is 128 Å². The van der Waals surface area contributed by atoms with Crippen molar-refractivity contribution in [1.29, 1.82) is 0 Å². The smallest absolute Gasteiger partial charge is 0.395 e. The maximum Gasteiger partial charge on any atom is 0.395 e. The van der Waals surface area contributed by atoms with E-state index >= 15 is 0 Å². The molecule has 9 nitrogen and oxygen atoms in total. The molecule has 0 aliphatic carbocycles. The first-order valence-electron chi connectivity index (χ1n) is 8.89. The molecule has 1 aromatic heterocycles. The molecular formula is C21H19N3O6. The highest BCUT2D eigenvalue weighted by atomic mass is 16.6. The zero-order valence-corrected chi connectivity index (χ0v) is 16.3. The highest BCUT2D eigenvalue weighted by Crippen LogP contribution is 2.29. The van der Waals surface area contributed by atoms with Gasteiger partial charge in [-0.05, 0) is 36.3 Å². The fourth-order valence-corrected chi connectivity index (χ4v) is 2.76. The molecule has 2 N–H and O–H groups in total. The van der Waals surface area contributed by atoms with Crippen molar-refractivity contribution in [2.45, 2.75) is 13.5 Å². The molecular weight excluding hydrogens is 390 g/mol. The second-order valence-corrected chi connectivity index (χ2v) is 6.40. The molecule has 30 heavy (non-hydrogen) atoms. The number of aromatic hydroxyl groups is 1. The number of rotatable bonds is 7. The summed E-state index contributed by atoms with van der Waals surface area (Å²) < 4.78 is 11.2. The van der Waals surface area contributed by atoms with Gasteiger partial charge in [0, 0.05) is 0 Å². The van der Waals surface area contributed by atoms with Crippen LogP contribution in [0.1, 0.15) is 22.5 Å². The lowest BCUT2D eigenvalue weighted by Crippen LogP contribution is -2.14. The number of methoxy groups -OCH3 is 1. The molecule has 0 atom stereocenters. The van der Waals surface area contributed by atoms with Gasteiger partial charge in [-0.3, -0.25) is 14.9 Å². The van der Waals surface area contributed by atoms with Gasteiger partial charge in [0.1, 0.15) is 12.4 Å². The number of aryl methyl sites for hydroxylation is 1. The van der Waals surface area contributed by atoms with Gasteiger partial charge in [0.2, 0.25) is 0 Å². The van der Waals surface area contributed by atoms with E-state index in [1.165, 1.54) is 13.2 Å². The molecule has 0 amide bonds. The molecule has 1 heterocycles. The quantitative estimate of drug-likeness (QED) is 0.452. The molecule has 3 aromatic rings. The Morgan fingerprint density at radius 3 is 2.67 bits per heavy atom. The molecule has 0 saturated carbocycles. The van der Waals surface area contributed by atoms with Crippen LogP contribution in [0.4, 0.5) is 5.69 Å². The summed E-state index contributed by atoms with van der Waals surface area (Å²) in [6.45, 7) is 2.40.